The molecule has 0 spiro atoms. The normalized spacial score (nSPS) is 20.1. The summed E-state index contributed by atoms with van der Waals surface area (Å²) >= 11 is 3.66. The minimum atomic E-state index is -1.06. The highest BCUT2D eigenvalue weighted by molar-refractivity contribution is 9.10. The first-order valence-corrected chi connectivity index (χ1v) is 17.5. The Bertz CT molecular complexity index is 2220. The summed E-state index contributed by atoms with van der Waals surface area (Å²) in [6, 6.07) is 1.39. The molecule has 2 saturated heterocycles. The molecule has 2 fully saturated rings. The topological polar surface area (TPSA) is 198 Å². The van der Waals surface area contributed by atoms with E-state index < -0.39 is 11.8 Å². The van der Waals surface area contributed by atoms with Crippen LogP contribution in [0.4, 0.5) is 11.6 Å². The van der Waals surface area contributed by atoms with Gasteiger partial charge in [0.25, 0.3) is 0 Å². The first kappa shape index (κ1) is 32.3. The van der Waals surface area contributed by atoms with Crippen LogP contribution in [0.25, 0.3) is 33.5 Å². The predicted molar refractivity (Wildman–Crippen MR) is 190 cm³/mol. The van der Waals surface area contributed by atoms with Crippen molar-refractivity contribution in [2.75, 3.05) is 31.1 Å². The highest BCUT2D eigenvalue weighted by Gasteiger charge is 2.34. The molecule has 8 heterocycles. The average molecular weight is 744 g/mol. The smallest absolute Gasteiger partial charge is 0.325 e. The maximum absolute atomic E-state index is 13.5. The van der Waals surface area contributed by atoms with Crippen molar-refractivity contribution in [2.45, 2.75) is 63.1 Å². The van der Waals surface area contributed by atoms with E-state index in [4.69, 9.17) is 26.2 Å². The van der Waals surface area contributed by atoms with Gasteiger partial charge in [-0.2, -0.15) is 29.4 Å². The summed E-state index contributed by atoms with van der Waals surface area (Å²) in [7, 11) is 1.87. The number of hydrogen-bond donors (Lipinski definition) is 4. The van der Waals surface area contributed by atoms with Gasteiger partial charge in [-0.15, -0.1) is 0 Å². The molecule has 8 rings (SSSR count). The average Bonchev–Trinajstić information content (AvgIpc) is 3.93. The molecule has 0 aliphatic carbocycles. The van der Waals surface area contributed by atoms with Crippen molar-refractivity contribution in [3.8, 4) is 22.3 Å². The number of anilines is 2. The number of fused-ring (bicyclic) bond motifs is 2. The summed E-state index contributed by atoms with van der Waals surface area (Å²) < 4.78 is 13.5. The Hall–Kier alpha value is -4.87. The summed E-state index contributed by atoms with van der Waals surface area (Å²) in [6.07, 6.45) is 14.2. The summed E-state index contributed by atoms with van der Waals surface area (Å²) in [5.74, 6) is 0.970. The summed E-state index contributed by atoms with van der Waals surface area (Å²) in [5, 5.41) is 24.7. The van der Waals surface area contributed by atoms with E-state index in [1.165, 1.54) is 0 Å². The summed E-state index contributed by atoms with van der Waals surface area (Å²) in [4.78, 5) is 23.4. The van der Waals surface area contributed by atoms with Crippen LogP contribution >= 0.6 is 15.9 Å². The van der Waals surface area contributed by atoms with Crippen LogP contribution in [0, 0.1) is 0 Å². The minimum Gasteiger partial charge on any atom is -0.436 e. The van der Waals surface area contributed by atoms with E-state index in [0.717, 1.165) is 70.5 Å². The van der Waals surface area contributed by atoms with Gasteiger partial charge in [0.05, 0.1) is 40.6 Å². The van der Waals surface area contributed by atoms with Crippen molar-refractivity contribution in [2.24, 2.45) is 7.05 Å². The lowest BCUT2D eigenvalue weighted by molar-refractivity contribution is -0.171. The number of nitrogens with two attached hydrogens (primary N) is 2. The van der Waals surface area contributed by atoms with Gasteiger partial charge in [-0.3, -0.25) is 9.48 Å². The van der Waals surface area contributed by atoms with Crippen molar-refractivity contribution < 1.29 is 9.53 Å². The van der Waals surface area contributed by atoms with E-state index in [9.17, 15) is 4.79 Å². The van der Waals surface area contributed by atoms with Crippen LogP contribution < -0.4 is 22.1 Å². The molecule has 0 amide bonds. The van der Waals surface area contributed by atoms with Crippen LogP contribution in [-0.4, -0.2) is 80.4 Å². The van der Waals surface area contributed by atoms with E-state index in [-0.39, 0.29) is 17.8 Å². The molecule has 1 unspecified atom stereocenters. The SMILES string of the molecule is Cn1cc(-c2cnn3c(N)cc([C@H]4CC[C@@H](C(=O)OC(C)(C)n5cc(-c6cnn7c(N)c(Br)c(C8CCCNC8)nc67)cn5)NC4)nc23)cn1. The number of aryl methyl sites for hydroxylation is 1. The number of nitrogens with one attached hydrogen (secondary N) is 2. The molecule has 0 radical (unpaired) electrons. The van der Waals surface area contributed by atoms with Gasteiger partial charge in [-0.05, 0) is 62.0 Å². The Morgan fingerprint density at radius 1 is 0.920 bits per heavy atom. The molecule has 50 heavy (non-hydrogen) atoms. The lowest BCUT2D eigenvalue weighted by Gasteiger charge is -2.32. The number of nitrogen functional groups attached to an aromatic ring is 2. The first-order valence-electron chi connectivity index (χ1n) is 16.8. The Morgan fingerprint density at radius 3 is 2.36 bits per heavy atom. The van der Waals surface area contributed by atoms with E-state index in [2.05, 4.69) is 47.0 Å². The Balaban J connectivity index is 0.957. The second-order valence-corrected chi connectivity index (χ2v) is 14.4. The standard InChI is InChI=1S/C33H39BrN14O2/c1-33(2,46-17-21(13-40-46)23-15-42-48-29(36)27(34)28(44-31(23)48)19-5-4-8-37-10-19)50-32(49)24-7-6-18(11-38-24)25-9-26(35)47-30(43-25)22(14-41-47)20-12-39-45(3)16-20/h9,12-19,24,37-38H,4-8,10-11,35-36H2,1-3H3/t18-,19?,24-/m0/s1. The van der Waals surface area contributed by atoms with Gasteiger partial charge in [0, 0.05) is 72.7 Å². The van der Waals surface area contributed by atoms with Crippen molar-refractivity contribution in [1.29, 1.82) is 0 Å². The van der Waals surface area contributed by atoms with Crippen LogP contribution in [0.2, 0.25) is 0 Å². The molecule has 3 atom stereocenters. The molecule has 0 aromatic carbocycles. The van der Waals surface area contributed by atoms with E-state index in [1.54, 1.807) is 43.2 Å². The number of carbonyl (C=O) groups is 1. The molecule has 16 nitrogen and oxygen atoms in total. The van der Waals surface area contributed by atoms with E-state index in [1.807, 2.05) is 39.4 Å². The fourth-order valence-electron chi connectivity index (χ4n) is 6.98. The van der Waals surface area contributed by atoms with Crippen LogP contribution in [0.15, 0.2) is 47.7 Å². The third-order valence-corrected chi connectivity index (χ3v) is 10.6. The van der Waals surface area contributed by atoms with Gasteiger partial charge in [0.1, 0.15) is 17.7 Å². The maximum atomic E-state index is 13.5. The number of halogens is 1. The second-order valence-electron chi connectivity index (χ2n) is 13.6. The van der Waals surface area contributed by atoms with Crippen molar-refractivity contribution in [1.82, 2.24) is 59.4 Å². The predicted octanol–water partition coefficient (Wildman–Crippen LogP) is 3.20. The molecule has 2 aliphatic heterocycles. The Kier molecular flexibility index (Phi) is 8.07. The molecule has 6 aromatic heterocycles. The van der Waals surface area contributed by atoms with Gasteiger partial charge in [0.2, 0.25) is 0 Å². The number of ether oxygens (including phenoxy) is 1. The van der Waals surface area contributed by atoms with Crippen LogP contribution in [-0.2, 0) is 22.3 Å². The molecule has 6 aromatic rings. The van der Waals surface area contributed by atoms with E-state index >= 15 is 0 Å². The van der Waals surface area contributed by atoms with E-state index in [0.29, 0.717) is 35.9 Å². The van der Waals surface area contributed by atoms with Gasteiger partial charge in [0.15, 0.2) is 17.0 Å². The van der Waals surface area contributed by atoms with Crippen molar-refractivity contribution >= 4 is 44.8 Å². The monoisotopic (exact) mass is 742 g/mol. The number of carbonyl (C=O) groups excluding carboxylic acids is 1. The van der Waals surface area contributed by atoms with Crippen LogP contribution in [0.5, 0.6) is 0 Å². The van der Waals surface area contributed by atoms with Gasteiger partial charge in [-0.25, -0.2) is 14.6 Å². The third-order valence-electron chi connectivity index (χ3n) is 9.78. The highest BCUT2D eigenvalue weighted by Crippen LogP contribution is 2.36. The van der Waals surface area contributed by atoms with Crippen LogP contribution in [0.3, 0.4) is 0 Å². The molecule has 0 bridgehead atoms. The van der Waals surface area contributed by atoms with Gasteiger partial charge < -0.3 is 26.8 Å². The second kappa shape index (κ2) is 12.5. The molecule has 17 heteroatoms. The first-order chi connectivity index (χ1) is 24.1. The fourth-order valence-corrected chi connectivity index (χ4v) is 7.56. The zero-order valence-electron chi connectivity index (χ0n) is 28.0. The summed E-state index contributed by atoms with van der Waals surface area (Å²) in [5.41, 5.74) is 18.3. The maximum Gasteiger partial charge on any atom is 0.325 e. The van der Waals surface area contributed by atoms with Crippen molar-refractivity contribution in [3.05, 3.63) is 59.1 Å². The summed E-state index contributed by atoms with van der Waals surface area (Å²) in [6.45, 7) is 6.03. The van der Waals surface area contributed by atoms with Gasteiger partial charge >= 0.3 is 5.97 Å². The third kappa shape index (κ3) is 5.68. The Morgan fingerprint density at radius 2 is 1.66 bits per heavy atom. The number of rotatable bonds is 7. The number of nitrogens with zero attached hydrogens (tertiary/aromatic N) is 10. The lowest BCUT2D eigenvalue weighted by atomic mass is 9.91. The molecular formula is C33H39BrN14O2. The molecule has 260 valence electrons. The number of esters is 1. The quantitative estimate of drug-likeness (QED) is 0.175. The molecule has 0 saturated carbocycles. The number of aromatic nitrogens is 10. The van der Waals surface area contributed by atoms with Crippen LogP contribution in [0.1, 0.15) is 62.8 Å². The minimum absolute atomic E-state index is 0.0636. The zero-order chi connectivity index (χ0) is 34.7. The highest BCUT2D eigenvalue weighted by atomic mass is 79.9. The molecular weight excluding hydrogens is 704 g/mol. The molecule has 2 aliphatic rings. The molecule has 6 N–H and O–H groups in total. The largest absolute Gasteiger partial charge is 0.436 e. The van der Waals surface area contributed by atoms with Gasteiger partial charge in [-0.1, -0.05) is 0 Å². The number of hydrogen-bond acceptors (Lipinski definition) is 12. The zero-order valence-corrected chi connectivity index (χ0v) is 29.6. The number of piperidine rings is 2. The Labute approximate surface area is 295 Å². The fraction of sp³-hybridized carbons (Fsp3) is 0.424. The van der Waals surface area contributed by atoms with Crippen molar-refractivity contribution in [3.63, 3.8) is 0 Å². The lowest BCUT2D eigenvalue weighted by Crippen LogP contribution is -2.47.